The fraction of sp³-hybridized carbons (Fsp3) is 0.812. The van der Waals surface area contributed by atoms with Crippen LogP contribution in [0.2, 0.25) is 0 Å². The first kappa shape index (κ1) is 12.3. The molecule has 0 spiro atoms. The highest BCUT2D eigenvalue weighted by Crippen LogP contribution is 2.47. The molecule has 3 unspecified atom stereocenters. The molecule has 2 saturated carbocycles. The number of carbonyl (C=O) groups is 1. The number of rotatable bonds is 1. The predicted molar refractivity (Wildman–Crippen MR) is 71.3 cm³/mol. The molecule has 3 aliphatic carbocycles. The summed E-state index contributed by atoms with van der Waals surface area (Å²) in [7, 11) is 0. The van der Waals surface area contributed by atoms with Crippen LogP contribution in [0.1, 0.15) is 64.2 Å². The van der Waals surface area contributed by atoms with Gasteiger partial charge in [0.1, 0.15) is 0 Å². The van der Waals surface area contributed by atoms with Crippen LogP contribution in [-0.4, -0.2) is 11.1 Å². The van der Waals surface area contributed by atoms with E-state index in [4.69, 9.17) is 0 Å². The second-order valence-electron chi connectivity index (χ2n) is 6.42. The summed E-state index contributed by atoms with van der Waals surface area (Å²) in [6.07, 6.45) is 12.2. The van der Waals surface area contributed by atoms with Gasteiger partial charge in [0.25, 0.3) is 0 Å². The van der Waals surface area contributed by atoms with Gasteiger partial charge in [-0.05, 0) is 69.6 Å². The molecule has 1 N–H and O–H groups in total. The molecule has 3 rings (SSSR count). The van der Waals surface area contributed by atoms with E-state index in [1.807, 2.05) is 0 Å². The lowest BCUT2D eigenvalue weighted by Gasteiger charge is -2.36. The standard InChI is InChI=1S/C16H24O2/c17-16(18)13-8-7-12-6-5-11-3-1-2-4-14(11)15(12)10-9-13/h11-13H,1-10H2,(H,17,18). The van der Waals surface area contributed by atoms with Gasteiger partial charge in [0.15, 0.2) is 0 Å². The third kappa shape index (κ3) is 2.22. The van der Waals surface area contributed by atoms with E-state index in [0.29, 0.717) is 0 Å². The van der Waals surface area contributed by atoms with Crippen LogP contribution in [-0.2, 0) is 4.79 Å². The zero-order chi connectivity index (χ0) is 12.5. The number of hydrogen-bond donors (Lipinski definition) is 1. The van der Waals surface area contributed by atoms with Crippen LogP contribution in [0.5, 0.6) is 0 Å². The van der Waals surface area contributed by atoms with E-state index in [1.165, 1.54) is 38.5 Å². The lowest BCUT2D eigenvalue weighted by molar-refractivity contribution is -0.142. The van der Waals surface area contributed by atoms with Gasteiger partial charge in [-0.1, -0.05) is 17.6 Å². The second kappa shape index (κ2) is 5.07. The minimum absolute atomic E-state index is 0.0780. The SMILES string of the molecule is O=C(O)C1CCC2=C3CCCCC3CCC2CC1. The molecule has 0 aromatic rings. The van der Waals surface area contributed by atoms with E-state index in [9.17, 15) is 9.90 Å². The molecule has 0 radical (unpaired) electrons. The quantitative estimate of drug-likeness (QED) is 0.707. The second-order valence-corrected chi connectivity index (χ2v) is 6.42. The van der Waals surface area contributed by atoms with E-state index >= 15 is 0 Å². The molecule has 3 aliphatic rings. The van der Waals surface area contributed by atoms with Crippen molar-refractivity contribution in [1.82, 2.24) is 0 Å². The lowest BCUT2D eigenvalue weighted by atomic mass is 9.69. The van der Waals surface area contributed by atoms with E-state index in [1.54, 1.807) is 11.1 Å². The Bertz CT molecular complexity index is 369. The summed E-state index contributed by atoms with van der Waals surface area (Å²) in [5.41, 5.74) is 3.47. The average molecular weight is 248 g/mol. The highest BCUT2D eigenvalue weighted by Gasteiger charge is 2.34. The van der Waals surface area contributed by atoms with Crippen LogP contribution in [0.3, 0.4) is 0 Å². The summed E-state index contributed by atoms with van der Waals surface area (Å²) in [4.78, 5) is 11.2. The molecule has 18 heavy (non-hydrogen) atoms. The average Bonchev–Trinajstić information content (AvgIpc) is 2.61. The van der Waals surface area contributed by atoms with E-state index < -0.39 is 5.97 Å². The van der Waals surface area contributed by atoms with E-state index in [-0.39, 0.29) is 5.92 Å². The Morgan fingerprint density at radius 1 is 0.833 bits per heavy atom. The first-order chi connectivity index (χ1) is 8.75. The van der Waals surface area contributed by atoms with Crippen molar-refractivity contribution in [2.75, 3.05) is 0 Å². The number of fused-ring (bicyclic) bond motifs is 2. The largest absolute Gasteiger partial charge is 0.481 e. The normalized spacial score (nSPS) is 36.6. The summed E-state index contributed by atoms with van der Waals surface area (Å²) in [6.45, 7) is 0. The Balaban J connectivity index is 1.82. The molecular formula is C16H24O2. The summed E-state index contributed by atoms with van der Waals surface area (Å²) >= 11 is 0. The Morgan fingerprint density at radius 3 is 2.28 bits per heavy atom. The molecular weight excluding hydrogens is 224 g/mol. The first-order valence-corrected chi connectivity index (χ1v) is 7.70. The van der Waals surface area contributed by atoms with Crippen LogP contribution in [0.4, 0.5) is 0 Å². The Morgan fingerprint density at radius 2 is 1.50 bits per heavy atom. The third-order valence-electron chi connectivity index (χ3n) is 5.49. The highest BCUT2D eigenvalue weighted by atomic mass is 16.4. The van der Waals surface area contributed by atoms with Crippen molar-refractivity contribution in [2.24, 2.45) is 17.8 Å². The molecule has 0 aromatic carbocycles. The van der Waals surface area contributed by atoms with Crippen LogP contribution in [0.15, 0.2) is 11.1 Å². The maximum absolute atomic E-state index is 11.2. The van der Waals surface area contributed by atoms with Gasteiger partial charge in [-0.3, -0.25) is 4.79 Å². The molecule has 3 atom stereocenters. The zero-order valence-electron chi connectivity index (χ0n) is 11.2. The van der Waals surface area contributed by atoms with Gasteiger partial charge in [0.05, 0.1) is 5.92 Å². The van der Waals surface area contributed by atoms with E-state index in [0.717, 1.165) is 37.5 Å². The van der Waals surface area contributed by atoms with Gasteiger partial charge < -0.3 is 5.11 Å². The number of aliphatic carboxylic acids is 1. The topological polar surface area (TPSA) is 37.3 Å². The summed E-state index contributed by atoms with van der Waals surface area (Å²) in [5, 5.41) is 9.21. The molecule has 0 amide bonds. The number of carboxylic acids is 1. The molecule has 2 heteroatoms. The molecule has 100 valence electrons. The monoisotopic (exact) mass is 248 g/mol. The first-order valence-electron chi connectivity index (χ1n) is 7.70. The van der Waals surface area contributed by atoms with Crippen molar-refractivity contribution in [1.29, 1.82) is 0 Å². The lowest BCUT2D eigenvalue weighted by Crippen LogP contribution is -2.22. The predicted octanol–water partition coefficient (Wildman–Crippen LogP) is 4.16. The minimum atomic E-state index is -0.570. The minimum Gasteiger partial charge on any atom is -0.481 e. The van der Waals surface area contributed by atoms with Crippen LogP contribution >= 0.6 is 0 Å². The maximum Gasteiger partial charge on any atom is 0.306 e. The zero-order valence-corrected chi connectivity index (χ0v) is 11.2. The van der Waals surface area contributed by atoms with Crippen molar-refractivity contribution >= 4 is 5.97 Å². The Hall–Kier alpha value is -0.790. The molecule has 0 bridgehead atoms. The number of carboxylic acid groups (broad SMARTS) is 1. The van der Waals surface area contributed by atoms with Crippen molar-refractivity contribution < 1.29 is 9.90 Å². The van der Waals surface area contributed by atoms with Crippen LogP contribution < -0.4 is 0 Å². The van der Waals surface area contributed by atoms with Crippen molar-refractivity contribution in [2.45, 2.75) is 64.2 Å². The molecule has 0 aliphatic heterocycles. The molecule has 0 aromatic heterocycles. The maximum atomic E-state index is 11.2. The van der Waals surface area contributed by atoms with Crippen LogP contribution in [0.25, 0.3) is 0 Å². The molecule has 0 heterocycles. The van der Waals surface area contributed by atoms with Gasteiger partial charge in [-0.2, -0.15) is 0 Å². The van der Waals surface area contributed by atoms with Gasteiger partial charge >= 0.3 is 5.97 Å². The highest BCUT2D eigenvalue weighted by molar-refractivity contribution is 5.70. The number of hydrogen-bond acceptors (Lipinski definition) is 1. The van der Waals surface area contributed by atoms with Gasteiger partial charge in [0, 0.05) is 0 Å². The Kier molecular flexibility index (Phi) is 3.45. The van der Waals surface area contributed by atoms with Crippen molar-refractivity contribution in [3.63, 3.8) is 0 Å². The van der Waals surface area contributed by atoms with Crippen LogP contribution in [0, 0.1) is 17.8 Å². The Labute approximate surface area is 109 Å². The fourth-order valence-electron chi connectivity index (χ4n) is 4.47. The summed E-state index contributed by atoms with van der Waals surface area (Å²) in [6, 6.07) is 0. The third-order valence-corrected chi connectivity index (χ3v) is 5.49. The van der Waals surface area contributed by atoms with Gasteiger partial charge in [0.2, 0.25) is 0 Å². The smallest absolute Gasteiger partial charge is 0.306 e. The molecule has 0 saturated heterocycles. The molecule has 2 nitrogen and oxygen atoms in total. The van der Waals surface area contributed by atoms with Crippen molar-refractivity contribution in [3.8, 4) is 0 Å². The molecule has 2 fully saturated rings. The number of allylic oxidation sites excluding steroid dienone is 2. The van der Waals surface area contributed by atoms with E-state index in [2.05, 4.69) is 0 Å². The summed E-state index contributed by atoms with van der Waals surface area (Å²) in [5.74, 6) is 0.954. The van der Waals surface area contributed by atoms with Gasteiger partial charge in [-0.15, -0.1) is 0 Å². The fourth-order valence-corrected chi connectivity index (χ4v) is 4.47. The summed E-state index contributed by atoms with van der Waals surface area (Å²) < 4.78 is 0. The van der Waals surface area contributed by atoms with Crippen molar-refractivity contribution in [3.05, 3.63) is 11.1 Å². The van der Waals surface area contributed by atoms with Gasteiger partial charge in [-0.25, -0.2) is 0 Å².